The molecule has 0 unspecified atom stereocenters. The standard InChI is InChI=1S/C18H19F3N2O2/c1-3-22(4-2)16-6-5-9-23(16)17(24)15-10-12-7-8-13(18(19,20)21)11-14(12)25-15/h6-8,10-11H,3-5,9H2,1-2H3. The Kier molecular flexibility index (Phi) is 4.49. The lowest BCUT2D eigenvalue weighted by molar-refractivity contribution is -0.137. The van der Waals surface area contributed by atoms with Crippen LogP contribution in [0, 0.1) is 0 Å². The van der Waals surface area contributed by atoms with Crippen molar-refractivity contribution in [3.63, 3.8) is 0 Å². The van der Waals surface area contributed by atoms with Crippen molar-refractivity contribution in [3.8, 4) is 0 Å². The molecule has 1 aromatic heterocycles. The van der Waals surface area contributed by atoms with E-state index >= 15 is 0 Å². The molecule has 0 bridgehead atoms. The van der Waals surface area contributed by atoms with E-state index in [9.17, 15) is 18.0 Å². The maximum Gasteiger partial charge on any atom is 0.416 e. The average molecular weight is 352 g/mol. The van der Waals surface area contributed by atoms with Gasteiger partial charge in [0, 0.05) is 25.0 Å². The zero-order chi connectivity index (χ0) is 18.2. The van der Waals surface area contributed by atoms with Crippen molar-refractivity contribution < 1.29 is 22.4 Å². The Hall–Kier alpha value is -2.44. The molecule has 134 valence electrons. The molecular weight excluding hydrogens is 333 g/mol. The Bertz CT molecular complexity index is 819. The molecule has 0 N–H and O–H groups in total. The van der Waals surface area contributed by atoms with Gasteiger partial charge in [-0.05, 0) is 44.5 Å². The summed E-state index contributed by atoms with van der Waals surface area (Å²) in [6, 6.07) is 4.74. The second-order valence-corrected chi connectivity index (χ2v) is 5.84. The summed E-state index contributed by atoms with van der Waals surface area (Å²) in [7, 11) is 0. The fraction of sp³-hybridized carbons (Fsp3) is 0.389. The fourth-order valence-corrected chi connectivity index (χ4v) is 3.05. The number of hydrogen-bond donors (Lipinski definition) is 0. The average Bonchev–Trinajstić information content (AvgIpc) is 3.20. The minimum absolute atomic E-state index is 0.0503. The van der Waals surface area contributed by atoms with E-state index in [0.29, 0.717) is 11.9 Å². The molecule has 0 saturated carbocycles. The number of alkyl halides is 3. The molecule has 25 heavy (non-hydrogen) atoms. The number of fused-ring (bicyclic) bond motifs is 1. The van der Waals surface area contributed by atoms with Crippen LogP contribution in [0.15, 0.2) is 40.6 Å². The van der Waals surface area contributed by atoms with Crippen molar-refractivity contribution in [1.82, 2.24) is 9.80 Å². The van der Waals surface area contributed by atoms with Crippen molar-refractivity contribution >= 4 is 16.9 Å². The van der Waals surface area contributed by atoms with Crippen molar-refractivity contribution in [2.24, 2.45) is 0 Å². The van der Waals surface area contributed by atoms with Crippen molar-refractivity contribution in [2.75, 3.05) is 19.6 Å². The van der Waals surface area contributed by atoms with Crippen molar-refractivity contribution in [3.05, 3.63) is 47.5 Å². The Morgan fingerprint density at radius 2 is 1.96 bits per heavy atom. The van der Waals surface area contributed by atoms with Crippen LogP contribution in [-0.2, 0) is 6.18 Å². The minimum atomic E-state index is -4.45. The summed E-state index contributed by atoms with van der Waals surface area (Å²) in [6.07, 6.45) is -1.70. The third kappa shape index (κ3) is 3.23. The lowest BCUT2D eigenvalue weighted by Gasteiger charge is -2.29. The van der Waals surface area contributed by atoms with Crippen LogP contribution in [0.4, 0.5) is 13.2 Å². The van der Waals surface area contributed by atoms with Gasteiger partial charge in [0.2, 0.25) is 0 Å². The van der Waals surface area contributed by atoms with Gasteiger partial charge in [-0.15, -0.1) is 0 Å². The van der Waals surface area contributed by atoms with E-state index < -0.39 is 11.7 Å². The SMILES string of the molecule is CCN(CC)C1=CCCN1C(=O)c1cc2ccc(C(F)(F)F)cc2o1. The van der Waals surface area contributed by atoms with E-state index in [1.807, 2.05) is 19.9 Å². The summed E-state index contributed by atoms with van der Waals surface area (Å²) >= 11 is 0. The number of furan rings is 1. The number of hydrogen-bond acceptors (Lipinski definition) is 3. The van der Waals surface area contributed by atoms with Gasteiger partial charge in [0.25, 0.3) is 5.91 Å². The molecule has 1 aliphatic heterocycles. The van der Waals surface area contributed by atoms with Crippen LogP contribution in [0.1, 0.15) is 36.4 Å². The summed E-state index contributed by atoms with van der Waals surface area (Å²) in [4.78, 5) is 16.5. The molecule has 1 amide bonds. The number of carbonyl (C=O) groups is 1. The zero-order valence-corrected chi connectivity index (χ0v) is 14.1. The first-order valence-corrected chi connectivity index (χ1v) is 8.23. The molecule has 0 fully saturated rings. The van der Waals surface area contributed by atoms with Crippen LogP contribution in [-0.4, -0.2) is 35.3 Å². The van der Waals surface area contributed by atoms with Gasteiger partial charge in [-0.1, -0.05) is 6.07 Å². The first-order valence-electron chi connectivity index (χ1n) is 8.23. The molecule has 1 aliphatic rings. The van der Waals surface area contributed by atoms with E-state index in [2.05, 4.69) is 4.90 Å². The largest absolute Gasteiger partial charge is 0.451 e. The highest BCUT2D eigenvalue weighted by Crippen LogP contribution is 2.33. The van der Waals surface area contributed by atoms with Gasteiger partial charge < -0.3 is 9.32 Å². The van der Waals surface area contributed by atoms with Crippen LogP contribution in [0.3, 0.4) is 0 Å². The normalized spacial score (nSPS) is 14.9. The molecule has 7 heteroatoms. The summed E-state index contributed by atoms with van der Waals surface area (Å²) < 4.78 is 43.9. The molecule has 4 nitrogen and oxygen atoms in total. The van der Waals surface area contributed by atoms with E-state index in [-0.39, 0.29) is 17.3 Å². The topological polar surface area (TPSA) is 36.7 Å². The van der Waals surface area contributed by atoms with Gasteiger partial charge in [-0.3, -0.25) is 9.69 Å². The lowest BCUT2D eigenvalue weighted by atomic mass is 10.1. The van der Waals surface area contributed by atoms with Crippen molar-refractivity contribution in [1.29, 1.82) is 0 Å². The molecule has 2 heterocycles. The van der Waals surface area contributed by atoms with Crippen LogP contribution < -0.4 is 0 Å². The maximum atomic E-state index is 12.8. The summed E-state index contributed by atoms with van der Waals surface area (Å²) in [5.41, 5.74) is -0.732. The van der Waals surface area contributed by atoms with E-state index in [1.165, 1.54) is 12.1 Å². The van der Waals surface area contributed by atoms with Gasteiger partial charge >= 0.3 is 6.18 Å². The van der Waals surface area contributed by atoms with Crippen LogP contribution in [0.25, 0.3) is 11.0 Å². The molecule has 0 atom stereocenters. The number of nitrogens with zero attached hydrogens (tertiary/aromatic N) is 2. The van der Waals surface area contributed by atoms with Crippen molar-refractivity contribution in [2.45, 2.75) is 26.4 Å². The van der Waals surface area contributed by atoms with Gasteiger partial charge in [-0.25, -0.2) is 0 Å². The third-order valence-corrected chi connectivity index (χ3v) is 4.35. The Morgan fingerprint density at radius 3 is 2.60 bits per heavy atom. The van der Waals surface area contributed by atoms with E-state index in [1.54, 1.807) is 4.90 Å². The molecule has 0 radical (unpaired) electrons. The predicted octanol–water partition coefficient (Wildman–Crippen LogP) is 4.48. The number of rotatable bonds is 4. The number of carbonyl (C=O) groups excluding carboxylic acids is 1. The summed E-state index contributed by atoms with van der Waals surface area (Å²) in [5.74, 6) is 0.543. The molecule has 3 rings (SSSR count). The van der Waals surface area contributed by atoms with Crippen LogP contribution >= 0.6 is 0 Å². The smallest absolute Gasteiger partial charge is 0.416 e. The number of amides is 1. The van der Waals surface area contributed by atoms with E-state index in [0.717, 1.165) is 37.5 Å². The van der Waals surface area contributed by atoms with Gasteiger partial charge in [0.05, 0.1) is 5.56 Å². The van der Waals surface area contributed by atoms with Crippen LogP contribution in [0.5, 0.6) is 0 Å². The molecule has 0 saturated heterocycles. The Labute approximate surface area is 143 Å². The molecule has 0 spiro atoms. The monoisotopic (exact) mass is 352 g/mol. The Morgan fingerprint density at radius 1 is 1.24 bits per heavy atom. The predicted molar refractivity (Wildman–Crippen MR) is 87.9 cm³/mol. The fourth-order valence-electron chi connectivity index (χ4n) is 3.05. The first-order chi connectivity index (χ1) is 11.8. The second-order valence-electron chi connectivity index (χ2n) is 5.84. The molecule has 1 aromatic carbocycles. The summed E-state index contributed by atoms with van der Waals surface area (Å²) in [5, 5.41) is 0.476. The molecular formula is C18H19F3N2O2. The highest BCUT2D eigenvalue weighted by molar-refractivity contribution is 5.97. The number of halogens is 3. The highest BCUT2D eigenvalue weighted by atomic mass is 19.4. The van der Waals surface area contributed by atoms with Gasteiger partial charge in [-0.2, -0.15) is 13.2 Å². The van der Waals surface area contributed by atoms with E-state index in [4.69, 9.17) is 4.42 Å². The van der Waals surface area contributed by atoms with Gasteiger partial charge in [0.15, 0.2) is 5.76 Å². The minimum Gasteiger partial charge on any atom is -0.451 e. The summed E-state index contributed by atoms with van der Waals surface area (Å²) in [6.45, 7) is 6.08. The molecule has 0 aliphatic carbocycles. The first kappa shape index (κ1) is 17.4. The van der Waals surface area contributed by atoms with Gasteiger partial charge in [0.1, 0.15) is 11.4 Å². The zero-order valence-electron chi connectivity index (χ0n) is 14.1. The Balaban J connectivity index is 1.91. The lowest BCUT2D eigenvalue weighted by Crippen LogP contribution is -2.36. The highest BCUT2D eigenvalue weighted by Gasteiger charge is 2.32. The van der Waals surface area contributed by atoms with Crippen LogP contribution in [0.2, 0.25) is 0 Å². The maximum absolute atomic E-state index is 12.8. The molecule has 2 aromatic rings. The third-order valence-electron chi connectivity index (χ3n) is 4.35. The number of benzene rings is 1. The second kappa shape index (κ2) is 6.46. The quantitative estimate of drug-likeness (QED) is 0.814.